The second-order valence-corrected chi connectivity index (χ2v) is 14.6. The molecule has 1 atom stereocenters. The van der Waals surface area contributed by atoms with E-state index in [0.29, 0.717) is 0 Å². The minimum Gasteiger partial charge on any atom is -0.457 e. The summed E-state index contributed by atoms with van der Waals surface area (Å²) < 4.78 is 6.69. The molecule has 5 aromatic carbocycles. The summed E-state index contributed by atoms with van der Waals surface area (Å²) in [6.07, 6.45) is 1.88. The van der Waals surface area contributed by atoms with Gasteiger partial charge >= 0.3 is 0 Å². The third kappa shape index (κ3) is 5.93. The van der Waals surface area contributed by atoms with Gasteiger partial charge in [0.1, 0.15) is 17.3 Å². The van der Waals surface area contributed by atoms with Crippen LogP contribution in [0.15, 0.2) is 145 Å². The van der Waals surface area contributed by atoms with E-state index < -0.39 is 0 Å². The van der Waals surface area contributed by atoms with Crippen LogP contribution in [0.4, 0.5) is 17.2 Å². The molecule has 2 aliphatic heterocycles. The highest BCUT2D eigenvalue weighted by atomic mass is 32.2. The highest BCUT2D eigenvalue weighted by molar-refractivity contribution is 8.14. The van der Waals surface area contributed by atoms with Crippen LogP contribution >= 0.6 is 11.8 Å². The summed E-state index contributed by atoms with van der Waals surface area (Å²) in [7, 11) is 0. The lowest BCUT2D eigenvalue weighted by Gasteiger charge is -2.41. The van der Waals surface area contributed by atoms with E-state index in [1.54, 1.807) is 0 Å². The number of nitrogens with zero attached hydrogens (tertiary/aromatic N) is 3. The van der Waals surface area contributed by atoms with Crippen molar-refractivity contribution in [2.75, 3.05) is 10.7 Å². The number of anilines is 3. The number of aryl methyl sites for hydroxylation is 2. The Labute approximate surface area is 293 Å². The minimum absolute atomic E-state index is 0.142. The SMILES string of the molecule is Cc1cc(Oc2cc(C)cc(N3c4ccccc4C(C)(C)c4cccnc43)c2)cc(C2=N[C@H](C(c3ccccc3)c3ccccc3)CS2)c1. The Kier molecular flexibility index (Phi) is 8.09. The summed E-state index contributed by atoms with van der Waals surface area (Å²) in [6, 6.07) is 47.5. The molecule has 242 valence electrons. The first kappa shape index (κ1) is 31.2. The Balaban J connectivity index is 1.12. The van der Waals surface area contributed by atoms with Crippen molar-refractivity contribution in [3.8, 4) is 11.5 Å². The van der Waals surface area contributed by atoms with Gasteiger partial charge in [-0.2, -0.15) is 0 Å². The van der Waals surface area contributed by atoms with Gasteiger partial charge in [-0.1, -0.05) is 98.8 Å². The van der Waals surface area contributed by atoms with Crippen LogP contribution in [0.25, 0.3) is 0 Å². The first-order chi connectivity index (χ1) is 23.8. The lowest BCUT2D eigenvalue weighted by molar-refractivity contribution is 0.482. The number of fused-ring (bicyclic) bond motifs is 2. The van der Waals surface area contributed by atoms with Crippen LogP contribution in [0.2, 0.25) is 0 Å². The molecule has 0 aliphatic carbocycles. The predicted molar refractivity (Wildman–Crippen MR) is 205 cm³/mol. The number of aromatic nitrogens is 1. The normalized spacial score (nSPS) is 16.2. The highest BCUT2D eigenvalue weighted by Crippen LogP contribution is 2.51. The first-order valence-corrected chi connectivity index (χ1v) is 17.9. The van der Waals surface area contributed by atoms with Crippen LogP contribution in [0.1, 0.15) is 58.7 Å². The maximum atomic E-state index is 6.69. The standard InChI is InChI=1S/C44H39N3OS/c1-29-22-33(43-46-39(28-49-43)41(31-14-7-5-8-15-31)32-16-9-6-10-17-32)26-35(24-29)48-36-25-30(2)23-34(27-36)47-40-20-12-11-18-37(40)44(3,4)38-19-13-21-45-42(38)47/h5-27,39,41H,28H2,1-4H3/t39-/m0/s1. The third-order valence-electron chi connectivity index (χ3n) is 9.69. The molecule has 49 heavy (non-hydrogen) atoms. The van der Waals surface area contributed by atoms with Crippen LogP contribution in [0.5, 0.6) is 11.5 Å². The van der Waals surface area contributed by atoms with E-state index in [9.17, 15) is 0 Å². The van der Waals surface area contributed by atoms with Crippen molar-refractivity contribution >= 4 is 34.0 Å². The van der Waals surface area contributed by atoms with Crippen molar-refractivity contribution in [3.63, 3.8) is 0 Å². The molecule has 0 bridgehead atoms. The van der Waals surface area contributed by atoms with Crippen LogP contribution < -0.4 is 9.64 Å². The van der Waals surface area contributed by atoms with Crippen molar-refractivity contribution < 1.29 is 4.74 Å². The van der Waals surface area contributed by atoms with Gasteiger partial charge in [0.2, 0.25) is 0 Å². The zero-order valence-corrected chi connectivity index (χ0v) is 29.1. The van der Waals surface area contributed by atoms with E-state index in [1.165, 1.54) is 22.3 Å². The Bertz CT molecular complexity index is 2090. The van der Waals surface area contributed by atoms with E-state index in [1.807, 2.05) is 24.0 Å². The molecule has 8 rings (SSSR count). The summed E-state index contributed by atoms with van der Waals surface area (Å²) in [6.45, 7) is 8.81. The zero-order chi connectivity index (χ0) is 33.5. The van der Waals surface area contributed by atoms with Gasteiger partial charge in [0.15, 0.2) is 0 Å². The Morgan fingerprint density at radius 1 is 0.714 bits per heavy atom. The van der Waals surface area contributed by atoms with Gasteiger partial charge in [-0.25, -0.2) is 4.98 Å². The van der Waals surface area contributed by atoms with Crippen molar-refractivity contribution in [1.29, 1.82) is 0 Å². The van der Waals surface area contributed by atoms with Crippen molar-refractivity contribution in [2.45, 2.75) is 45.1 Å². The summed E-state index contributed by atoms with van der Waals surface area (Å²) >= 11 is 1.84. The second kappa shape index (κ2) is 12.7. The summed E-state index contributed by atoms with van der Waals surface area (Å²) in [5.74, 6) is 3.68. The zero-order valence-electron chi connectivity index (χ0n) is 28.3. The number of para-hydroxylation sites is 1. The maximum absolute atomic E-state index is 6.69. The van der Waals surface area contributed by atoms with Crippen LogP contribution in [-0.4, -0.2) is 21.8 Å². The molecule has 0 saturated carbocycles. The molecule has 0 fully saturated rings. The molecule has 0 spiro atoms. The van der Waals surface area contributed by atoms with Crippen LogP contribution in [0.3, 0.4) is 0 Å². The van der Waals surface area contributed by atoms with Crippen LogP contribution in [0, 0.1) is 13.8 Å². The average molecular weight is 658 g/mol. The molecule has 0 N–H and O–H groups in total. The molecule has 5 heteroatoms. The summed E-state index contributed by atoms with van der Waals surface area (Å²) in [4.78, 5) is 12.5. The number of thioether (sulfide) groups is 1. The molecule has 2 aliphatic rings. The van der Waals surface area contributed by atoms with Crippen molar-refractivity contribution in [2.24, 2.45) is 4.99 Å². The molecule has 0 unspecified atom stereocenters. The van der Waals surface area contributed by atoms with Gasteiger partial charge in [0, 0.05) is 40.5 Å². The monoisotopic (exact) mass is 657 g/mol. The number of benzene rings is 5. The molecule has 1 aromatic heterocycles. The largest absolute Gasteiger partial charge is 0.457 e. The summed E-state index contributed by atoms with van der Waals surface area (Å²) in [5.41, 5.74) is 10.4. The topological polar surface area (TPSA) is 37.7 Å². The number of hydrogen-bond donors (Lipinski definition) is 0. The molecular formula is C44H39N3OS. The van der Waals surface area contributed by atoms with E-state index in [2.05, 4.69) is 160 Å². The van der Waals surface area contributed by atoms with E-state index in [-0.39, 0.29) is 17.4 Å². The number of rotatable bonds is 7. The Morgan fingerprint density at radius 2 is 1.35 bits per heavy atom. The smallest absolute Gasteiger partial charge is 0.141 e. The quantitative estimate of drug-likeness (QED) is 0.171. The maximum Gasteiger partial charge on any atom is 0.141 e. The van der Waals surface area contributed by atoms with E-state index in [0.717, 1.165) is 56.2 Å². The van der Waals surface area contributed by atoms with E-state index in [4.69, 9.17) is 14.7 Å². The van der Waals surface area contributed by atoms with Crippen molar-refractivity contribution in [3.05, 3.63) is 179 Å². The van der Waals surface area contributed by atoms with Crippen LogP contribution in [-0.2, 0) is 5.41 Å². The van der Waals surface area contributed by atoms with Gasteiger partial charge < -0.3 is 4.74 Å². The molecule has 6 aromatic rings. The molecule has 3 heterocycles. The third-order valence-corrected chi connectivity index (χ3v) is 10.8. The van der Waals surface area contributed by atoms with Gasteiger partial charge in [-0.15, -0.1) is 11.8 Å². The number of ether oxygens (including phenoxy) is 1. The van der Waals surface area contributed by atoms with Gasteiger partial charge in [0.25, 0.3) is 0 Å². The lowest BCUT2D eigenvalue weighted by atomic mass is 9.74. The van der Waals surface area contributed by atoms with Gasteiger partial charge in [-0.3, -0.25) is 9.89 Å². The first-order valence-electron chi connectivity index (χ1n) is 16.9. The Morgan fingerprint density at radius 3 is 2.08 bits per heavy atom. The lowest BCUT2D eigenvalue weighted by Crippen LogP contribution is -2.31. The molecule has 0 amide bonds. The molecular weight excluding hydrogens is 619 g/mol. The fraction of sp³-hybridized carbons (Fsp3) is 0.182. The minimum atomic E-state index is -0.167. The number of pyridine rings is 1. The average Bonchev–Trinajstić information content (AvgIpc) is 3.59. The summed E-state index contributed by atoms with van der Waals surface area (Å²) in [5, 5.41) is 1.07. The highest BCUT2D eigenvalue weighted by Gasteiger charge is 2.37. The van der Waals surface area contributed by atoms with E-state index >= 15 is 0 Å². The molecule has 0 radical (unpaired) electrons. The molecule has 4 nitrogen and oxygen atoms in total. The number of hydrogen-bond acceptors (Lipinski definition) is 5. The fourth-order valence-corrected chi connectivity index (χ4v) is 8.53. The fourth-order valence-electron chi connectivity index (χ4n) is 7.44. The van der Waals surface area contributed by atoms with Gasteiger partial charge in [0.05, 0.1) is 22.5 Å². The predicted octanol–water partition coefficient (Wildman–Crippen LogP) is 11.3. The second-order valence-electron chi connectivity index (χ2n) is 13.6. The number of aliphatic imine (C=N–C) groups is 1. The van der Waals surface area contributed by atoms with Gasteiger partial charge in [-0.05, 0) is 84.1 Å². The Hall–Kier alpha value is -5.13. The molecule has 0 saturated heterocycles. The van der Waals surface area contributed by atoms with Crippen molar-refractivity contribution in [1.82, 2.24) is 4.98 Å².